The SMILES string of the molecule is CCNC(=O)c1oc2ccccc2c1COC. The number of carbonyl (C=O) groups is 1. The van der Waals surface area contributed by atoms with Gasteiger partial charge in [-0.2, -0.15) is 0 Å². The molecule has 0 radical (unpaired) electrons. The van der Waals surface area contributed by atoms with Crippen LogP contribution in [0.1, 0.15) is 23.0 Å². The van der Waals surface area contributed by atoms with Crippen molar-refractivity contribution in [3.63, 3.8) is 0 Å². The van der Waals surface area contributed by atoms with Gasteiger partial charge >= 0.3 is 0 Å². The van der Waals surface area contributed by atoms with Gasteiger partial charge in [0, 0.05) is 24.6 Å². The van der Waals surface area contributed by atoms with E-state index < -0.39 is 0 Å². The minimum absolute atomic E-state index is 0.198. The lowest BCUT2D eigenvalue weighted by atomic mass is 10.1. The van der Waals surface area contributed by atoms with Crippen LogP contribution in [0.5, 0.6) is 0 Å². The van der Waals surface area contributed by atoms with Crippen molar-refractivity contribution in [2.45, 2.75) is 13.5 Å². The number of benzene rings is 1. The van der Waals surface area contributed by atoms with Crippen LogP contribution >= 0.6 is 0 Å². The molecule has 2 aromatic rings. The van der Waals surface area contributed by atoms with Crippen molar-refractivity contribution in [2.24, 2.45) is 0 Å². The normalized spacial score (nSPS) is 10.7. The van der Waals surface area contributed by atoms with Crippen LogP contribution in [0.15, 0.2) is 28.7 Å². The van der Waals surface area contributed by atoms with Crippen LogP contribution in [0.3, 0.4) is 0 Å². The molecule has 0 atom stereocenters. The number of ether oxygens (including phenoxy) is 1. The molecule has 17 heavy (non-hydrogen) atoms. The first-order valence-electron chi connectivity index (χ1n) is 5.55. The van der Waals surface area contributed by atoms with E-state index in [1.165, 1.54) is 0 Å². The summed E-state index contributed by atoms with van der Waals surface area (Å²) in [7, 11) is 1.60. The van der Waals surface area contributed by atoms with Gasteiger partial charge in [0.1, 0.15) is 5.58 Å². The zero-order chi connectivity index (χ0) is 12.3. The smallest absolute Gasteiger partial charge is 0.287 e. The molecular weight excluding hydrogens is 218 g/mol. The van der Waals surface area contributed by atoms with Crippen LogP contribution in [0.4, 0.5) is 0 Å². The molecule has 0 aliphatic heterocycles. The van der Waals surface area contributed by atoms with Crippen LogP contribution in [0, 0.1) is 0 Å². The molecule has 0 saturated heterocycles. The summed E-state index contributed by atoms with van der Waals surface area (Å²) in [6.07, 6.45) is 0. The molecule has 0 fully saturated rings. The van der Waals surface area contributed by atoms with Gasteiger partial charge in [-0.3, -0.25) is 4.79 Å². The first-order valence-corrected chi connectivity index (χ1v) is 5.55. The molecule has 1 heterocycles. The number of nitrogens with one attached hydrogen (secondary N) is 1. The maximum Gasteiger partial charge on any atom is 0.287 e. The quantitative estimate of drug-likeness (QED) is 0.881. The Morgan fingerprint density at radius 3 is 2.88 bits per heavy atom. The zero-order valence-corrected chi connectivity index (χ0v) is 9.95. The summed E-state index contributed by atoms with van der Waals surface area (Å²) in [5, 5.41) is 3.66. The highest BCUT2D eigenvalue weighted by Gasteiger charge is 2.19. The number of fused-ring (bicyclic) bond motifs is 1. The molecule has 90 valence electrons. The minimum atomic E-state index is -0.198. The van der Waals surface area contributed by atoms with E-state index >= 15 is 0 Å². The summed E-state index contributed by atoms with van der Waals surface area (Å²) in [4.78, 5) is 11.8. The second-order valence-electron chi connectivity index (χ2n) is 3.70. The lowest BCUT2D eigenvalue weighted by Crippen LogP contribution is -2.23. The zero-order valence-electron chi connectivity index (χ0n) is 9.95. The second-order valence-corrected chi connectivity index (χ2v) is 3.70. The van der Waals surface area contributed by atoms with Crippen molar-refractivity contribution >= 4 is 16.9 Å². The molecule has 4 nitrogen and oxygen atoms in total. The summed E-state index contributed by atoms with van der Waals surface area (Å²) >= 11 is 0. The molecule has 2 rings (SSSR count). The third kappa shape index (κ3) is 2.17. The average Bonchev–Trinajstić information content (AvgIpc) is 2.70. The number of hydrogen-bond acceptors (Lipinski definition) is 3. The van der Waals surface area contributed by atoms with Crippen molar-refractivity contribution in [2.75, 3.05) is 13.7 Å². The number of carbonyl (C=O) groups excluding carboxylic acids is 1. The van der Waals surface area contributed by atoms with Crippen molar-refractivity contribution in [3.05, 3.63) is 35.6 Å². The van der Waals surface area contributed by atoms with E-state index in [2.05, 4.69) is 5.32 Å². The van der Waals surface area contributed by atoms with Crippen molar-refractivity contribution < 1.29 is 13.9 Å². The topological polar surface area (TPSA) is 51.5 Å². The lowest BCUT2D eigenvalue weighted by molar-refractivity contribution is 0.0923. The molecule has 0 spiro atoms. The molecular formula is C13H15NO3. The van der Waals surface area contributed by atoms with Crippen molar-refractivity contribution in [1.82, 2.24) is 5.32 Å². The fourth-order valence-corrected chi connectivity index (χ4v) is 1.81. The molecule has 1 N–H and O–H groups in total. The van der Waals surface area contributed by atoms with Gasteiger partial charge in [-0.05, 0) is 13.0 Å². The number of methoxy groups -OCH3 is 1. The first-order chi connectivity index (χ1) is 8.27. The van der Waals surface area contributed by atoms with Gasteiger partial charge in [-0.15, -0.1) is 0 Å². The summed E-state index contributed by atoms with van der Waals surface area (Å²) < 4.78 is 10.7. The summed E-state index contributed by atoms with van der Waals surface area (Å²) in [5.41, 5.74) is 1.51. The summed E-state index contributed by atoms with van der Waals surface area (Å²) in [6, 6.07) is 7.57. The average molecular weight is 233 g/mol. The molecule has 0 unspecified atom stereocenters. The fraction of sp³-hybridized carbons (Fsp3) is 0.308. The highest BCUT2D eigenvalue weighted by Crippen LogP contribution is 2.26. The van der Waals surface area contributed by atoms with E-state index in [9.17, 15) is 4.79 Å². The van der Waals surface area contributed by atoms with Crippen LogP contribution < -0.4 is 5.32 Å². The minimum Gasteiger partial charge on any atom is -0.451 e. The van der Waals surface area contributed by atoms with E-state index in [-0.39, 0.29) is 5.91 Å². The Morgan fingerprint density at radius 2 is 2.18 bits per heavy atom. The van der Waals surface area contributed by atoms with Gasteiger partial charge in [0.05, 0.1) is 6.61 Å². The Bertz CT molecular complexity index is 530. The van der Waals surface area contributed by atoms with E-state index in [1.807, 2.05) is 31.2 Å². The van der Waals surface area contributed by atoms with E-state index in [4.69, 9.17) is 9.15 Å². The van der Waals surface area contributed by atoms with E-state index in [0.29, 0.717) is 24.5 Å². The summed E-state index contributed by atoms with van der Waals surface area (Å²) in [6.45, 7) is 2.81. The number of hydrogen-bond donors (Lipinski definition) is 1. The van der Waals surface area contributed by atoms with E-state index in [0.717, 1.165) is 10.9 Å². The standard InChI is InChI=1S/C13H15NO3/c1-3-14-13(15)12-10(8-16-2)9-6-4-5-7-11(9)17-12/h4-7H,3,8H2,1-2H3,(H,14,15). The van der Waals surface area contributed by atoms with Gasteiger partial charge < -0.3 is 14.5 Å². The van der Waals surface area contributed by atoms with Crippen molar-refractivity contribution in [1.29, 1.82) is 0 Å². The van der Waals surface area contributed by atoms with Gasteiger partial charge in [-0.1, -0.05) is 18.2 Å². The second kappa shape index (κ2) is 5.01. The maximum atomic E-state index is 11.8. The van der Waals surface area contributed by atoms with Gasteiger partial charge in [0.15, 0.2) is 5.76 Å². The highest BCUT2D eigenvalue weighted by atomic mass is 16.5. The van der Waals surface area contributed by atoms with E-state index in [1.54, 1.807) is 7.11 Å². The van der Waals surface area contributed by atoms with Crippen molar-refractivity contribution in [3.8, 4) is 0 Å². The van der Waals surface area contributed by atoms with Crippen LogP contribution in [-0.2, 0) is 11.3 Å². The fourth-order valence-electron chi connectivity index (χ4n) is 1.81. The van der Waals surface area contributed by atoms with Gasteiger partial charge in [-0.25, -0.2) is 0 Å². The van der Waals surface area contributed by atoms with Crippen LogP contribution in [-0.4, -0.2) is 19.6 Å². The monoisotopic (exact) mass is 233 g/mol. The molecule has 1 aromatic heterocycles. The Hall–Kier alpha value is -1.81. The number of furan rings is 1. The Kier molecular flexibility index (Phi) is 3.44. The van der Waals surface area contributed by atoms with Crippen LogP contribution in [0.25, 0.3) is 11.0 Å². The molecule has 1 amide bonds. The summed E-state index contributed by atoms with van der Waals surface area (Å²) in [5.74, 6) is 0.144. The maximum absolute atomic E-state index is 11.8. The molecule has 4 heteroatoms. The van der Waals surface area contributed by atoms with Gasteiger partial charge in [0.25, 0.3) is 5.91 Å². The molecule has 0 aliphatic rings. The van der Waals surface area contributed by atoms with Gasteiger partial charge in [0.2, 0.25) is 0 Å². The third-order valence-corrected chi connectivity index (χ3v) is 2.53. The lowest BCUT2D eigenvalue weighted by Gasteiger charge is -2.01. The third-order valence-electron chi connectivity index (χ3n) is 2.53. The molecule has 1 aromatic carbocycles. The number of rotatable bonds is 4. The Labute approximate surface area is 99.6 Å². The Balaban J connectivity index is 2.53. The molecule has 0 saturated carbocycles. The largest absolute Gasteiger partial charge is 0.451 e. The predicted octanol–water partition coefficient (Wildman–Crippen LogP) is 2.33. The Morgan fingerprint density at radius 1 is 1.41 bits per heavy atom. The predicted molar refractivity (Wildman–Crippen MR) is 64.9 cm³/mol. The molecule has 0 bridgehead atoms. The van der Waals surface area contributed by atoms with Crippen LogP contribution in [0.2, 0.25) is 0 Å². The highest BCUT2D eigenvalue weighted by molar-refractivity contribution is 5.98. The first kappa shape index (κ1) is 11.7. The number of para-hydroxylation sites is 1. The number of amides is 1. The molecule has 0 aliphatic carbocycles.